The third kappa shape index (κ3) is 3.71. The monoisotopic (exact) mass is 304 g/mol. The maximum Gasteiger partial charge on any atom is 0.335 e. The quantitative estimate of drug-likeness (QED) is 0.921. The number of aliphatic hydroxyl groups excluding tert-OH is 1. The van der Waals surface area contributed by atoms with Crippen LogP contribution in [-0.2, 0) is 11.2 Å². The fourth-order valence-electron chi connectivity index (χ4n) is 2.10. The van der Waals surface area contributed by atoms with Crippen LogP contribution in [0, 0.1) is 5.41 Å². The van der Waals surface area contributed by atoms with Gasteiger partial charge in [0.1, 0.15) is 11.2 Å². The van der Waals surface area contributed by atoms with E-state index in [1.807, 2.05) is 20.8 Å². The highest BCUT2D eigenvalue weighted by Gasteiger charge is 2.19. The molecular formula is C16H20N2O4. The Kier molecular flexibility index (Phi) is 4.61. The molecule has 0 amide bonds. The van der Waals surface area contributed by atoms with Crippen molar-refractivity contribution < 1.29 is 14.7 Å². The Morgan fingerprint density at radius 2 is 2.00 bits per heavy atom. The lowest BCUT2D eigenvalue weighted by atomic mass is 9.93. The van der Waals surface area contributed by atoms with Gasteiger partial charge in [-0.15, -0.1) is 5.10 Å². The van der Waals surface area contributed by atoms with Gasteiger partial charge in [0.2, 0.25) is 5.43 Å². The highest BCUT2D eigenvalue weighted by molar-refractivity contribution is 5.79. The first kappa shape index (κ1) is 16.2. The molecule has 1 aromatic heterocycles. The van der Waals surface area contributed by atoms with Crippen molar-refractivity contribution in [1.29, 1.82) is 0 Å². The van der Waals surface area contributed by atoms with Crippen molar-refractivity contribution in [1.82, 2.24) is 9.94 Å². The van der Waals surface area contributed by atoms with Crippen molar-refractivity contribution in [3.05, 3.63) is 40.2 Å². The van der Waals surface area contributed by atoms with Gasteiger partial charge in [-0.25, -0.2) is 4.79 Å². The minimum Gasteiger partial charge on any atom is -0.396 e. The maximum absolute atomic E-state index is 12.3. The van der Waals surface area contributed by atoms with Crippen LogP contribution in [0.25, 0.3) is 10.9 Å². The van der Waals surface area contributed by atoms with E-state index in [9.17, 15) is 9.59 Å². The SMILES string of the molecule is CC(C)(C)CC(=O)On1nc(CCO)c(=O)c2ccccc21. The number of nitrogens with zero attached hydrogens (tertiary/aromatic N) is 2. The zero-order chi connectivity index (χ0) is 16.3. The van der Waals surface area contributed by atoms with Crippen LogP contribution in [0.5, 0.6) is 0 Å². The first-order valence-electron chi connectivity index (χ1n) is 7.15. The third-order valence-electron chi connectivity index (χ3n) is 3.04. The van der Waals surface area contributed by atoms with Crippen LogP contribution < -0.4 is 10.3 Å². The Balaban J connectivity index is 2.46. The smallest absolute Gasteiger partial charge is 0.335 e. The summed E-state index contributed by atoms with van der Waals surface area (Å²) in [6.07, 6.45) is 0.338. The molecule has 2 rings (SSSR count). The number of carbonyl (C=O) groups is 1. The lowest BCUT2D eigenvalue weighted by Crippen LogP contribution is -2.29. The summed E-state index contributed by atoms with van der Waals surface area (Å²) in [5, 5.41) is 13.5. The van der Waals surface area contributed by atoms with E-state index in [1.165, 1.54) is 0 Å². The van der Waals surface area contributed by atoms with Crippen molar-refractivity contribution in [2.45, 2.75) is 33.6 Å². The topological polar surface area (TPSA) is 81.4 Å². The first-order valence-corrected chi connectivity index (χ1v) is 7.15. The zero-order valence-corrected chi connectivity index (χ0v) is 13.0. The van der Waals surface area contributed by atoms with E-state index >= 15 is 0 Å². The fraction of sp³-hybridized carbons (Fsp3) is 0.438. The molecule has 6 heteroatoms. The van der Waals surface area contributed by atoms with Gasteiger partial charge in [-0.05, 0) is 17.5 Å². The Labute approximate surface area is 128 Å². The summed E-state index contributed by atoms with van der Waals surface area (Å²) in [7, 11) is 0. The molecule has 0 atom stereocenters. The molecule has 0 saturated heterocycles. The Morgan fingerprint density at radius 1 is 1.32 bits per heavy atom. The minimum absolute atomic E-state index is 0.112. The van der Waals surface area contributed by atoms with Crippen LogP contribution >= 0.6 is 0 Å². The summed E-state index contributed by atoms with van der Waals surface area (Å²) in [4.78, 5) is 30.6. The first-order chi connectivity index (χ1) is 10.3. The minimum atomic E-state index is -0.427. The van der Waals surface area contributed by atoms with Crippen LogP contribution in [-0.4, -0.2) is 27.6 Å². The van der Waals surface area contributed by atoms with E-state index in [1.54, 1.807) is 24.3 Å². The van der Waals surface area contributed by atoms with Gasteiger partial charge < -0.3 is 9.94 Å². The highest BCUT2D eigenvalue weighted by Crippen LogP contribution is 2.18. The summed E-state index contributed by atoms with van der Waals surface area (Å²) in [6.45, 7) is 5.60. The number of benzene rings is 1. The summed E-state index contributed by atoms with van der Waals surface area (Å²) in [5.41, 5.74) is 0.133. The number of aliphatic hydroxyl groups is 1. The van der Waals surface area contributed by atoms with Crippen LogP contribution in [0.2, 0.25) is 0 Å². The third-order valence-corrected chi connectivity index (χ3v) is 3.04. The van der Waals surface area contributed by atoms with Crippen LogP contribution in [0.1, 0.15) is 32.9 Å². The van der Waals surface area contributed by atoms with Crippen molar-refractivity contribution >= 4 is 16.9 Å². The highest BCUT2D eigenvalue weighted by atomic mass is 16.7. The number of para-hydroxylation sites is 1. The molecule has 0 aliphatic rings. The molecule has 0 aliphatic carbocycles. The number of aromatic nitrogens is 2. The summed E-state index contributed by atoms with van der Waals surface area (Å²) >= 11 is 0. The molecule has 1 aromatic carbocycles. The standard InChI is InChI=1S/C16H20N2O4/c1-16(2,3)10-14(20)22-18-13-7-5-4-6-11(13)15(21)12(17-18)8-9-19/h4-7,19H,8-10H2,1-3H3. The van der Waals surface area contributed by atoms with E-state index in [0.717, 1.165) is 4.85 Å². The van der Waals surface area contributed by atoms with E-state index < -0.39 is 5.97 Å². The van der Waals surface area contributed by atoms with Crippen LogP contribution in [0.15, 0.2) is 29.1 Å². The maximum atomic E-state index is 12.3. The molecule has 0 radical (unpaired) electrons. The molecule has 0 spiro atoms. The average Bonchev–Trinajstić information content (AvgIpc) is 2.42. The van der Waals surface area contributed by atoms with E-state index in [0.29, 0.717) is 10.9 Å². The van der Waals surface area contributed by atoms with E-state index in [2.05, 4.69) is 5.10 Å². The van der Waals surface area contributed by atoms with Crippen LogP contribution in [0.3, 0.4) is 0 Å². The lowest BCUT2D eigenvalue weighted by molar-refractivity contribution is -0.147. The predicted molar refractivity (Wildman–Crippen MR) is 82.5 cm³/mol. The number of hydrogen-bond acceptors (Lipinski definition) is 5. The van der Waals surface area contributed by atoms with E-state index in [4.69, 9.17) is 9.94 Å². The molecule has 0 bridgehead atoms. The Bertz CT molecular complexity index is 744. The van der Waals surface area contributed by atoms with Gasteiger partial charge >= 0.3 is 5.97 Å². The van der Waals surface area contributed by atoms with Gasteiger partial charge in [-0.2, -0.15) is 0 Å². The van der Waals surface area contributed by atoms with Gasteiger partial charge in [0, 0.05) is 13.0 Å². The Morgan fingerprint density at radius 3 is 2.64 bits per heavy atom. The summed E-state index contributed by atoms with van der Waals surface area (Å²) in [5.74, 6) is -0.427. The number of fused-ring (bicyclic) bond motifs is 1. The molecule has 22 heavy (non-hydrogen) atoms. The molecular weight excluding hydrogens is 284 g/mol. The van der Waals surface area contributed by atoms with Gasteiger partial charge in [0.05, 0.1) is 11.8 Å². The second-order valence-electron chi connectivity index (χ2n) is 6.34. The molecule has 2 aromatic rings. The van der Waals surface area contributed by atoms with Crippen LogP contribution in [0.4, 0.5) is 0 Å². The van der Waals surface area contributed by atoms with Crippen molar-refractivity contribution in [3.8, 4) is 0 Å². The summed E-state index contributed by atoms with van der Waals surface area (Å²) < 4.78 is 0. The van der Waals surface area contributed by atoms with Gasteiger partial charge in [-0.3, -0.25) is 4.79 Å². The molecule has 0 unspecified atom stereocenters. The normalized spacial score (nSPS) is 11.6. The van der Waals surface area contributed by atoms with Gasteiger partial charge in [-0.1, -0.05) is 37.7 Å². The van der Waals surface area contributed by atoms with E-state index in [-0.39, 0.29) is 36.0 Å². The largest absolute Gasteiger partial charge is 0.396 e. The predicted octanol–water partition coefficient (Wildman–Crippen LogP) is 1.32. The number of carbonyl (C=O) groups excluding carboxylic acids is 1. The molecule has 0 fully saturated rings. The van der Waals surface area contributed by atoms with Crippen molar-refractivity contribution in [2.75, 3.05) is 6.61 Å². The second-order valence-corrected chi connectivity index (χ2v) is 6.34. The molecule has 1 heterocycles. The molecule has 118 valence electrons. The molecule has 0 aliphatic heterocycles. The second kappa shape index (κ2) is 6.27. The molecule has 6 nitrogen and oxygen atoms in total. The van der Waals surface area contributed by atoms with Crippen molar-refractivity contribution in [3.63, 3.8) is 0 Å². The number of rotatable bonds is 4. The molecule has 0 saturated carbocycles. The molecule has 1 N–H and O–H groups in total. The lowest BCUT2D eigenvalue weighted by Gasteiger charge is -2.17. The van der Waals surface area contributed by atoms with Gasteiger partial charge in [0.15, 0.2) is 0 Å². The zero-order valence-electron chi connectivity index (χ0n) is 13.0. The van der Waals surface area contributed by atoms with Gasteiger partial charge in [0.25, 0.3) is 0 Å². The number of hydrogen-bond donors (Lipinski definition) is 1. The average molecular weight is 304 g/mol. The fourth-order valence-corrected chi connectivity index (χ4v) is 2.10. The van der Waals surface area contributed by atoms with Crippen molar-refractivity contribution in [2.24, 2.45) is 5.41 Å². The Hall–Kier alpha value is -2.21. The summed E-state index contributed by atoms with van der Waals surface area (Å²) in [6, 6.07) is 6.78.